The highest BCUT2D eigenvalue weighted by Crippen LogP contribution is 2.39. The van der Waals surface area contributed by atoms with Gasteiger partial charge in [0.25, 0.3) is 0 Å². The number of carbonyl (C=O) groups is 1. The molecule has 2 unspecified atom stereocenters. The van der Waals surface area contributed by atoms with Gasteiger partial charge in [0.05, 0.1) is 11.3 Å². The molecule has 182 valence electrons. The van der Waals surface area contributed by atoms with E-state index in [0.29, 0.717) is 22.5 Å². The lowest BCUT2D eigenvalue weighted by atomic mass is 10.0. The maximum atomic E-state index is 12.9. The van der Waals surface area contributed by atoms with Crippen molar-refractivity contribution in [3.8, 4) is 17.5 Å². The summed E-state index contributed by atoms with van der Waals surface area (Å²) >= 11 is 6.19. The highest BCUT2D eigenvalue weighted by Gasteiger charge is 2.45. The number of halogens is 1. The first kappa shape index (κ1) is 23.4. The maximum absolute atomic E-state index is 12.9. The fraction of sp³-hybridized carbons (Fsp3) is 0.385. The lowest BCUT2D eigenvalue weighted by Gasteiger charge is -2.38. The number of amides is 1. The molecular weight excluding hydrogens is 468 g/mol. The number of hydrogen-bond acceptors (Lipinski definition) is 7. The van der Waals surface area contributed by atoms with Crippen molar-refractivity contribution in [2.24, 2.45) is 0 Å². The summed E-state index contributed by atoms with van der Waals surface area (Å²) in [6, 6.07) is 11.2. The number of hydrogen-bond donors (Lipinski definition) is 0. The fourth-order valence-electron chi connectivity index (χ4n) is 4.83. The van der Waals surface area contributed by atoms with E-state index in [2.05, 4.69) is 15.0 Å². The molecule has 5 rings (SSSR count). The average Bonchev–Trinajstić information content (AvgIpc) is 3.12. The van der Waals surface area contributed by atoms with Crippen molar-refractivity contribution in [3.63, 3.8) is 0 Å². The third-order valence-corrected chi connectivity index (χ3v) is 7.01. The Morgan fingerprint density at radius 2 is 1.77 bits per heavy atom. The van der Waals surface area contributed by atoms with Gasteiger partial charge in [-0.2, -0.15) is 0 Å². The molecule has 0 aliphatic carbocycles. The number of ether oxygens (including phenoxy) is 3. The third-order valence-electron chi connectivity index (χ3n) is 6.64. The molecular formula is C26H27ClN4O4. The topological polar surface area (TPSA) is 86.7 Å². The largest absolute Gasteiger partial charge is 0.474 e. The van der Waals surface area contributed by atoms with Crippen LogP contribution in [-0.2, 0) is 11.3 Å². The van der Waals surface area contributed by atoms with Crippen LogP contribution in [0, 0.1) is 13.8 Å². The van der Waals surface area contributed by atoms with Gasteiger partial charge in [0.15, 0.2) is 5.75 Å². The van der Waals surface area contributed by atoms with Crippen LogP contribution in [0.3, 0.4) is 0 Å². The summed E-state index contributed by atoms with van der Waals surface area (Å²) in [5, 5.41) is 0.595. The molecule has 2 aliphatic heterocycles. The Balaban J connectivity index is 1.22. The summed E-state index contributed by atoms with van der Waals surface area (Å²) in [5.41, 5.74) is 2.30. The minimum atomic E-state index is -0.295. The molecule has 35 heavy (non-hydrogen) atoms. The summed E-state index contributed by atoms with van der Waals surface area (Å²) in [7, 11) is 0. The van der Waals surface area contributed by atoms with Crippen LogP contribution in [0.5, 0.6) is 17.5 Å². The Labute approximate surface area is 209 Å². The molecule has 4 heterocycles. The van der Waals surface area contributed by atoms with Crippen molar-refractivity contribution in [1.82, 2.24) is 19.9 Å². The van der Waals surface area contributed by atoms with Crippen LogP contribution in [0.25, 0.3) is 0 Å². The van der Waals surface area contributed by atoms with Gasteiger partial charge in [-0.25, -0.2) is 14.8 Å². The zero-order chi connectivity index (χ0) is 24.4. The van der Waals surface area contributed by atoms with Crippen LogP contribution < -0.4 is 9.47 Å². The van der Waals surface area contributed by atoms with Crippen molar-refractivity contribution in [1.29, 1.82) is 0 Å². The van der Waals surface area contributed by atoms with Gasteiger partial charge in [-0.05, 0) is 44.9 Å². The molecule has 0 N–H and O–H groups in total. The Morgan fingerprint density at radius 1 is 1.03 bits per heavy atom. The molecule has 9 heteroatoms. The molecule has 1 aromatic carbocycles. The standard InChI is InChI=1S/C26H27ClN4O4/c1-16-24(29-15-30-25(16)35-23-8-5-11-28-17(23)2)34-21-12-19-9-10-20(13-21)31(19)26(32)33-14-18-6-3-4-7-22(18)27/h3-8,11,15,19-21H,9-10,12-14H2,1-2H3. The first-order valence-corrected chi connectivity index (χ1v) is 12.1. The maximum Gasteiger partial charge on any atom is 0.410 e. The molecule has 0 radical (unpaired) electrons. The number of nitrogens with zero attached hydrogens (tertiary/aromatic N) is 4. The zero-order valence-electron chi connectivity index (χ0n) is 19.7. The summed E-state index contributed by atoms with van der Waals surface area (Å²) < 4.78 is 17.9. The molecule has 2 atom stereocenters. The Morgan fingerprint density at radius 3 is 2.51 bits per heavy atom. The monoisotopic (exact) mass is 494 g/mol. The second kappa shape index (κ2) is 10.1. The minimum absolute atomic E-state index is 0.0540. The fourth-order valence-corrected chi connectivity index (χ4v) is 5.02. The summed E-state index contributed by atoms with van der Waals surface area (Å²) in [6.45, 7) is 3.92. The smallest absolute Gasteiger partial charge is 0.410 e. The van der Waals surface area contributed by atoms with E-state index in [1.807, 2.05) is 49.1 Å². The van der Waals surface area contributed by atoms with Crippen molar-refractivity contribution in [2.75, 3.05) is 0 Å². The van der Waals surface area contributed by atoms with E-state index < -0.39 is 0 Å². The van der Waals surface area contributed by atoms with Crippen LogP contribution in [0.1, 0.15) is 42.5 Å². The van der Waals surface area contributed by atoms with Crippen LogP contribution >= 0.6 is 11.6 Å². The van der Waals surface area contributed by atoms with Crippen LogP contribution in [0.2, 0.25) is 5.02 Å². The van der Waals surface area contributed by atoms with Gasteiger partial charge in [-0.3, -0.25) is 4.98 Å². The quantitative estimate of drug-likeness (QED) is 0.438. The van der Waals surface area contributed by atoms with Crippen LogP contribution in [0.4, 0.5) is 4.79 Å². The van der Waals surface area contributed by atoms with Crippen molar-refractivity contribution in [2.45, 2.75) is 64.3 Å². The molecule has 2 saturated heterocycles. The predicted octanol–water partition coefficient (Wildman–Crippen LogP) is 5.65. The number of aryl methyl sites for hydroxylation is 1. The summed E-state index contributed by atoms with van der Waals surface area (Å²) in [4.78, 5) is 27.6. The normalized spacial score (nSPS) is 21.0. The third kappa shape index (κ3) is 5.03. The lowest BCUT2D eigenvalue weighted by molar-refractivity contribution is 0.0288. The van der Waals surface area contributed by atoms with Crippen molar-refractivity contribution >= 4 is 17.7 Å². The van der Waals surface area contributed by atoms with Crippen molar-refractivity contribution in [3.05, 3.63) is 70.8 Å². The zero-order valence-corrected chi connectivity index (χ0v) is 20.4. The molecule has 8 nitrogen and oxygen atoms in total. The van der Waals surface area contributed by atoms with Gasteiger partial charge in [0.1, 0.15) is 19.0 Å². The van der Waals surface area contributed by atoms with E-state index in [0.717, 1.165) is 42.5 Å². The molecule has 0 saturated carbocycles. The van der Waals surface area contributed by atoms with Gasteiger partial charge in [-0.1, -0.05) is 29.8 Å². The first-order valence-electron chi connectivity index (χ1n) is 11.8. The van der Waals surface area contributed by atoms with E-state index in [1.165, 1.54) is 6.33 Å². The average molecular weight is 495 g/mol. The molecule has 2 aromatic heterocycles. The minimum Gasteiger partial charge on any atom is -0.474 e. The Bertz CT molecular complexity index is 1210. The number of fused-ring (bicyclic) bond motifs is 2. The van der Waals surface area contributed by atoms with E-state index in [1.54, 1.807) is 12.3 Å². The number of rotatable bonds is 6. The Kier molecular flexibility index (Phi) is 6.72. The van der Waals surface area contributed by atoms with E-state index >= 15 is 0 Å². The predicted molar refractivity (Wildman–Crippen MR) is 130 cm³/mol. The van der Waals surface area contributed by atoms with E-state index in [9.17, 15) is 4.79 Å². The van der Waals surface area contributed by atoms with Crippen molar-refractivity contribution < 1.29 is 19.0 Å². The second-order valence-electron chi connectivity index (χ2n) is 8.95. The SMILES string of the molecule is Cc1ncccc1Oc1ncnc(OC2CC3CCC(C2)N3C(=O)OCc2ccccc2Cl)c1C. The van der Waals surface area contributed by atoms with Gasteiger partial charge >= 0.3 is 6.09 Å². The number of aromatic nitrogens is 3. The summed E-state index contributed by atoms with van der Waals surface area (Å²) in [6.07, 6.45) is 6.12. The van der Waals surface area contributed by atoms with Gasteiger partial charge in [0.2, 0.25) is 11.8 Å². The second-order valence-corrected chi connectivity index (χ2v) is 9.35. The van der Waals surface area contributed by atoms with E-state index in [-0.39, 0.29) is 30.9 Å². The molecule has 2 aliphatic rings. The number of benzene rings is 1. The van der Waals surface area contributed by atoms with Crippen LogP contribution in [-0.4, -0.2) is 44.1 Å². The number of carbonyl (C=O) groups excluding carboxylic acids is 1. The van der Waals surface area contributed by atoms with Gasteiger partial charge < -0.3 is 19.1 Å². The number of piperidine rings is 1. The summed E-state index contributed by atoms with van der Waals surface area (Å²) in [5.74, 6) is 1.58. The molecule has 3 aromatic rings. The highest BCUT2D eigenvalue weighted by atomic mass is 35.5. The van der Waals surface area contributed by atoms with Crippen LogP contribution in [0.15, 0.2) is 48.9 Å². The molecule has 1 amide bonds. The van der Waals surface area contributed by atoms with Gasteiger partial charge in [0, 0.05) is 41.7 Å². The lowest BCUT2D eigenvalue weighted by Crippen LogP contribution is -2.49. The molecule has 2 fully saturated rings. The Hall–Kier alpha value is -3.39. The van der Waals surface area contributed by atoms with E-state index in [4.69, 9.17) is 25.8 Å². The number of pyridine rings is 1. The first-order chi connectivity index (χ1) is 17.0. The highest BCUT2D eigenvalue weighted by molar-refractivity contribution is 6.31. The van der Waals surface area contributed by atoms with Gasteiger partial charge in [-0.15, -0.1) is 0 Å². The molecule has 2 bridgehead atoms. The molecule has 0 spiro atoms.